The van der Waals surface area contributed by atoms with Gasteiger partial charge in [0.2, 0.25) is 5.91 Å². The van der Waals surface area contributed by atoms with Gasteiger partial charge in [0, 0.05) is 25.5 Å². The molecular formula is C24H27F3N4O2. The minimum atomic E-state index is -4.62. The molecule has 1 aromatic carbocycles. The normalized spacial score (nSPS) is 16.5. The zero-order chi connectivity index (χ0) is 24.4. The lowest BCUT2D eigenvalue weighted by Crippen LogP contribution is -2.30. The number of carbonyl (C=O) groups excluding carboxylic acids is 2. The van der Waals surface area contributed by atoms with Crippen LogP contribution in [0.2, 0.25) is 0 Å². The second-order valence-electron chi connectivity index (χ2n) is 9.09. The molecule has 0 saturated heterocycles. The summed E-state index contributed by atoms with van der Waals surface area (Å²) >= 11 is 0. The van der Waals surface area contributed by atoms with Crippen molar-refractivity contribution in [3.8, 4) is 0 Å². The Morgan fingerprint density at radius 1 is 1.09 bits per heavy atom. The lowest BCUT2D eigenvalue weighted by molar-refractivity contribution is -0.119. The predicted molar refractivity (Wildman–Crippen MR) is 122 cm³/mol. The number of amidine groups is 1. The van der Waals surface area contributed by atoms with Crippen molar-refractivity contribution < 1.29 is 22.8 Å². The Bertz CT molecular complexity index is 1060. The Morgan fingerprint density at radius 2 is 1.76 bits per heavy atom. The molecule has 2 aliphatic heterocycles. The lowest BCUT2D eigenvalue weighted by atomic mass is 9.87. The number of anilines is 1. The molecule has 0 bridgehead atoms. The molecule has 2 N–H and O–H groups in total. The number of benzene rings is 1. The molecule has 0 radical (unpaired) electrons. The van der Waals surface area contributed by atoms with Gasteiger partial charge in [0.05, 0.1) is 24.1 Å². The number of likely N-dealkylation sites (N-methyl/N-ethyl adjacent to an activating group) is 1. The molecular weight excluding hydrogens is 433 g/mol. The van der Waals surface area contributed by atoms with Crippen LogP contribution in [0.3, 0.4) is 0 Å². The summed E-state index contributed by atoms with van der Waals surface area (Å²) in [5.74, 6) is -0.545. The molecule has 2 aliphatic rings. The molecule has 176 valence electrons. The van der Waals surface area contributed by atoms with Crippen LogP contribution in [0.25, 0.3) is 0 Å². The molecule has 9 heteroatoms. The Balaban J connectivity index is 1.59. The first-order chi connectivity index (χ1) is 15.3. The van der Waals surface area contributed by atoms with E-state index in [1.165, 1.54) is 11.1 Å². The number of amides is 2. The quantitative estimate of drug-likeness (QED) is 0.714. The fraction of sp³-hybridized carbons (Fsp3) is 0.375. The topological polar surface area (TPSA) is 73.8 Å². The number of hydrogen-bond acceptors (Lipinski definition) is 4. The largest absolute Gasteiger partial charge is 0.416 e. The summed E-state index contributed by atoms with van der Waals surface area (Å²) in [6.45, 7) is 6.89. The van der Waals surface area contributed by atoms with Crippen molar-refractivity contribution in [2.45, 2.75) is 33.4 Å². The van der Waals surface area contributed by atoms with Crippen molar-refractivity contribution in [2.75, 3.05) is 25.5 Å². The summed E-state index contributed by atoms with van der Waals surface area (Å²) in [4.78, 5) is 30.7. The fourth-order valence-corrected chi connectivity index (χ4v) is 3.37. The number of nitrogens with zero attached hydrogens (tertiary/aromatic N) is 2. The zero-order valence-electron chi connectivity index (χ0n) is 19.0. The molecule has 0 aliphatic carbocycles. The molecule has 2 heterocycles. The third-order valence-electron chi connectivity index (χ3n) is 5.31. The van der Waals surface area contributed by atoms with E-state index in [1.807, 2.05) is 6.08 Å². The van der Waals surface area contributed by atoms with Gasteiger partial charge in [-0.25, -0.2) is 0 Å². The predicted octanol–water partition coefficient (Wildman–Crippen LogP) is 3.99. The van der Waals surface area contributed by atoms with Crippen molar-refractivity contribution in [2.24, 2.45) is 10.4 Å². The standard InChI is InChI=1S/C24H27F3N4O2/c1-23(2,3)16-12-20(28-13-16)30-21(32)11-15-5-7-17(8-6-15)29-22(33)18-14-31(4)10-9-19(18)24(25,26)27/h5-9,12,14H,10-11,13H2,1-4H3,(H,29,33)(H,28,30,32). The van der Waals surface area contributed by atoms with Gasteiger partial charge in [0.15, 0.2) is 0 Å². The third-order valence-corrected chi connectivity index (χ3v) is 5.31. The number of carbonyl (C=O) groups is 2. The summed E-state index contributed by atoms with van der Waals surface area (Å²) in [6.07, 6.45) is -0.457. The molecule has 0 fully saturated rings. The zero-order valence-corrected chi connectivity index (χ0v) is 19.0. The molecule has 0 atom stereocenters. The van der Waals surface area contributed by atoms with Crippen LogP contribution in [0, 0.1) is 5.41 Å². The van der Waals surface area contributed by atoms with Gasteiger partial charge in [-0.3, -0.25) is 14.6 Å². The number of nitrogens with one attached hydrogen (secondary N) is 2. The van der Waals surface area contributed by atoms with Gasteiger partial charge in [-0.05, 0) is 34.8 Å². The molecule has 2 amide bonds. The van der Waals surface area contributed by atoms with Crippen LogP contribution in [0.1, 0.15) is 26.3 Å². The van der Waals surface area contributed by atoms with Gasteiger partial charge in [-0.15, -0.1) is 0 Å². The van der Waals surface area contributed by atoms with Crippen LogP contribution in [-0.2, 0) is 16.0 Å². The average molecular weight is 461 g/mol. The third kappa shape index (κ3) is 6.34. The van der Waals surface area contributed by atoms with Crippen molar-refractivity contribution in [3.05, 3.63) is 64.9 Å². The monoisotopic (exact) mass is 460 g/mol. The minimum Gasteiger partial charge on any atom is -0.376 e. The summed E-state index contributed by atoms with van der Waals surface area (Å²) in [5.41, 5.74) is 0.746. The van der Waals surface area contributed by atoms with Gasteiger partial charge < -0.3 is 15.5 Å². The molecule has 0 unspecified atom stereocenters. The molecule has 6 nitrogen and oxygen atoms in total. The highest BCUT2D eigenvalue weighted by atomic mass is 19.4. The van der Waals surface area contributed by atoms with E-state index >= 15 is 0 Å². The Kier molecular flexibility index (Phi) is 6.81. The van der Waals surface area contributed by atoms with E-state index in [1.54, 1.807) is 31.3 Å². The molecule has 0 spiro atoms. The van der Waals surface area contributed by atoms with Crippen molar-refractivity contribution in [3.63, 3.8) is 0 Å². The number of hydrogen-bond donors (Lipinski definition) is 2. The molecule has 0 aromatic heterocycles. The van der Waals surface area contributed by atoms with Crippen LogP contribution >= 0.6 is 0 Å². The Labute approximate surface area is 190 Å². The lowest BCUT2D eigenvalue weighted by Gasteiger charge is -2.24. The number of alkyl halides is 3. The average Bonchev–Trinajstić information content (AvgIpc) is 3.17. The van der Waals surface area contributed by atoms with E-state index in [-0.39, 0.29) is 24.3 Å². The highest BCUT2D eigenvalue weighted by Crippen LogP contribution is 2.33. The fourth-order valence-electron chi connectivity index (χ4n) is 3.37. The van der Waals surface area contributed by atoms with Gasteiger partial charge in [0.1, 0.15) is 5.84 Å². The first-order valence-electron chi connectivity index (χ1n) is 10.5. The first-order valence-corrected chi connectivity index (χ1v) is 10.5. The van der Waals surface area contributed by atoms with Crippen LogP contribution in [0.4, 0.5) is 18.9 Å². The Morgan fingerprint density at radius 3 is 2.33 bits per heavy atom. The van der Waals surface area contributed by atoms with Crippen LogP contribution in [0.5, 0.6) is 0 Å². The molecule has 1 aromatic rings. The highest BCUT2D eigenvalue weighted by Gasteiger charge is 2.39. The van der Waals surface area contributed by atoms with Gasteiger partial charge in [-0.1, -0.05) is 39.0 Å². The molecule has 33 heavy (non-hydrogen) atoms. The summed E-state index contributed by atoms with van der Waals surface area (Å²) in [6, 6.07) is 6.39. The summed E-state index contributed by atoms with van der Waals surface area (Å²) < 4.78 is 39.8. The minimum absolute atomic E-state index is 0.0179. The maximum absolute atomic E-state index is 13.3. The van der Waals surface area contributed by atoms with Crippen LogP contribution in [-0.4, -0.2) is 48.9 Å². The number of rotatable bonds is 4. The Hall–Kier alpha value is -3.36. The van der Waals surface area contributed by atoms with Gasteiger partial charge in [-0.2, -0.15) is 13.2 Å². The number of halogens is 3. The van der Waals surface area contributed by atoms with E-state index < -0.39 is 23.2 Å². The van der Waals surface area contributed by atoms with E-state index in [9.17, 15) is 22.8 Å². The van der Waals surface area contributed by atoms with Crippen molar-refractivity contribution in [1.82, 2.24) is 10.2 Å². The van der Waals surface area contributed by atoms with Crippen molar-refractivity contribution in [1.29, 1.82) is 0 Å². The molecule has 3 rings (SSSR count). The van der Waals surface area contributed by atoms with Gasteiger partial charge >= 0.3 is 6.18 Å². The second kappa shape index (κ2) is 9.25. The van der Waals surface area contributed by atoms with E-state index in [0.717, 1.165) is 11.6 Å². The van der Waals surface area contributed by atoms with Crippen LogP contribution in [0.15, 0.2) is 64.3 Å². The number of aliphatic imine (C=N–C) groups is 1. The van der Waals surface area contributed by atoms with Crippen molar-refractivity contribution >= 4 is 23.3 Å². The van der Waals surface area contributed by atoms with Crippen LogP contribution < -0.4 is 10.6 Å². The molecule has 0 saturated carbocycles. The maximum atomic E-state index is 13.3. The SMILES string of the molecule is CN1C=C(C(=O)Nc2ccc(CC(=O)NC3=NCC(C(C)(C)C)=C3)cc2)C(C(F)(F)F)=CC1. The highest BCUT2D eigenvalue weighted by molar-refractivity contribution is 6.07. The summed E-state index contributed by atoms with van der Waals surface area (Å²) in [5, 5.41) is 5.27. The van der Waals surface area contributed by atoms with E-state index in [0.29, 0.717) is 23.6 Å². The first kappa shape index (κ1) is 24.3. The maximum Gasteiger partial charge on any atom is 0.416 e. The van der Waals surface area contributed by atoms with Gasteiger partial charge in [0.25, 0.3) is 5.91 Å². The van der Waals surface area contributed by atoms with E-state index in [2.05, 4.69) is 36.4 Å². The van der Waals surface area contributed by atoms with E-state index in [4.69, 9.17) is 0 Å². The second-order valence-corrected chi connectivity index (χ2v) is 9.09. The summed E-state index contributed by atoms with van der Waals surface area (Å²) in [7, 11) is 1.59. The smallest absolute Gasteiger partial charge is 0.376 e.